The molecule has 0 heterocycles. The first-order valence-corrected chi connectivity index (χ1v) is 67.6. The van der Waals surface area contributed by atoms with E-state index in [2.05, 4.69) is 177 Å². The zero-order valence-electron chi connectivity index (χ0n) is 46.9. The van der Waals surface area contributed by atoms with Gasteiger partial charge >= 0.3 is 26.4 Å². The van der Waals surface area contributed by atoms with Crippen molar-refractivity contribution in [1.82, 2.24) is 0 Å². The van der Waals surface area contributed by atoms with Gasteiger partial charge in [0, 0.05) is 18.1 Å². The summed E-state index contributed by atoms with van der Waals surface area (Å²) in [6.07, 6.45) is 0. The summed E-state index contributed by atoms with van der Waals surface area (Å²) in [6, 6.07) is 6.73. The van der Waals surface area contributed by atoms with Crippen LogP contribution in [0.25, 0.3) is 0 Å². The van der Waals surface area contributed by atoms with Gasteiger partial charge in [-0.2, -0.15) is 0 Å². The van der Waals surface area contributed by atoms with Crippen LogP contribution in [-0.2, 0) is 41.2 Å². The molecule has 0 saturated carbocycles. The van der Waals surface area contributed by atoms with E-state index in [4.69, 9.17) is 41.2 Å². The maximum atomic E-state index is 10.5. The van der Waals surface area contributed by atoms with Gasteiger partial charge in [0.05, 0.1) is 0 Å². The van der Waals surface area contributed by atoms with Crippen molar-refractivity contribution in [2.75, 3.05) is 0 Å². The highest BCUT2D eigenvalue weighted by Crippen LogP contribution is 2.39. The van der Waals surface area contributed by atoms with Gasteiger partial charge in [-0.1, -0.05) is 0 Å². The normalized spacial score (nSPS) is 15.9. The van der Waals surface area contributed by atoms with Gasteiger partial charge in [0.25, 0.3) is 0 Å². The fraction of sp³-hybridized carbons (Fsp3) is 1.00. The van der Waals surface area contributed by atoms with Gasteiger partial charge in [-0.05, 0) is 220 Å². The number of rotatable bonds is 32. The third-order valence-corrected chi connectivity index (χ3v) is 56.7. The maximum Gasteiger partial charge on any atom is 0.469 e. The van der Waals surface area contributed by atoms with Crippen LogP contribution in [0.5, 0.6) is 0 Å². The molecule has 0 aliphatic heterocycles. The zero-order valence-corrected chi connectivity index (χ0v) is 62.3. The third-order valence-electron chi connectivity index (χ3n) is 8.62. The quantitative estimate of drug-likeness (QED) is 0.0513. The second-order valence-electron chi connectivity index (χ2n) is 27.3. The van der Waals surface area contributed by atoms with E-state index in [1.165, 1.54) is 0 Å². The monoisotopic (exact) mass is 1150 g/mol. The van der Waals surface area contributed by atoms with Crippen molar-refractivity contribution >= 4 is 128 Å². The van der Waals surface area contributed by atoms with Crippen LogP contribution in [0.1, 0.15) is 0 Å². The Morgan fingerprint density at radius 1 is 0.270 bits per heavy atom. The summed E-state index contributed by atoms with van der Waals surface area (Å²) >= 11 is 0. The standard InChI is InChI=1S/C37H106O11Si15/c1-50(2,3)40-61(41-51(4,5)6,42-52(7,8)9)36-33-59(26,27)48-63(45-55(16,17)18,46-56(19,20)21)37-34-60(28,29)47-62(43-53(10,11)12,44-54(13,14)15)35-32-58(24,25)39-49-30-31-57(22,23)38/h38H,30-37,49H2,1-29H3. The predicted octanol–water partition coefficient (Wildman–Crippen LogP) is 13.1. The lowest BCUT2D eigenvalue weighted by Crippen LogP contribution is -2.64. The van der Waals surface area contributed by atoms with Crippen molar-refractivity contribution in [2.45, 2.75) is 238 Å². The van der Waals surface area contributed by atoms with Crippen LogP contribution in [0.15, 0.2) is 0 Å². The Kier molecular flexibility index (Phi) is 24.6. The molecule has 0 aromatic rings. The third kappa shape index (κ3) is 33.9. The van der Waals surface area contributed by atoms with Crippen LogP contribution in [0.4, 0.5) is 0 Å². The van der Waals surface area contributed by atoms with Crippen LogP contribution in [0.2, 0.25) is 238 Å². The first-order valence-electron chi connectivity index (χ1n) is 23.9. The van der Waals surface area contributed by atoms with E-state index in [9.17, 15) is 4.80 Å². The van der Waals surface area contributed by atoms with Crippen LogP contribution in [0.3, 0.4) is 0 Å². The van der Waals surface area contributed by atoms with Crippen LogP contribution in [-0.4, -0.2) is 132 Å². The molecule has 0 amide bonds. The second kappa shape index (κ2) is 23.6. The highest BCUT2D eigenvalue weighted by Gasteiger charge is 2.57. The Morgan fingerprint density at radius 3 is 0.683 bits per heavy atom. The molecule has 0 saturated heterocycles. The van der Waals surface area contributed by atoms with Crippen LogP contribution < -0.4 is 0 Å². The Morgan fingerprint density at radius 2 is 0.476 bits per heavy atom. The van der Waals surface area contributed by atoms with Crippen LogP contribution in [0, 0.1) is 0 Å². The molecule has 380 valence electrons. The first kappa shape index (κ1) is 65.8. The van der Waals surface area contributed by atoms with Gasteiger partial charge in [-0.15, -0.1) is 0 Å². The summed E-state index contributed by atoms with van der Waals surface area (Å²) in [6.45, 7) is 65.7. The number of hydrogen-bond acceptors (Lipinski definition) is 11. The van der Waals surface area contributed by atoms with Gasteiger partial charge < -0.3 is 45.9 Å². The Balaban J connectivity index is 7.26. The van der Waals surface area contributed by atoms with Crippen molar-refractivity contribution in [3.8, 4) is 0 Å². The highest BCUT2D eigenvalue weighted by molar-refractivity contribution is 6.95. The molecule has 0 atom stereocenters. The second-order valence-corrected chi connectivity index (χ2v) is 88.3. The van der Waals surface area contributed by atoms with Crippen molar-refractivity contribution < 1.29 is 45.9 Å². The van der Waals surface area contributed by atoms with Crippen molar-refractivity contribution in [1.29, 1.82) is 0 Å². The minimum Gasteiger partial charge on any atom is -0.460 e. The van der Waals surface area contributed by atoms with E-state index in [1.807, 2.05) is 13.1 Å². The average molecular weight is 1150 g/mol. The molecule has 0 unspecified atom stereocenters. The van der Waals surface area contributed by atoms with E-state index in [0.717, 1.165) is 42.3 Å². The topological polar surface area (TPSA) is 113 Å². The van der Waals surface area contributed by atoms with Crippen LogP contribution >= 0.6 is 0 Å². The van der Waals surface area contributed by atoms with E-state index < -0.39 is 128 Å². The van der Waals surface area contributed by atoms with Gasteiger partial charge in [0.1, 0.15) is 9.76 Å². The molecule has 0 bridgehead atoms. The summed E-state index contributed by atoms with van der Waals surface area (Å²) in [5.74, 6) is 0. The fourth-order valence-electron chi connectivity index (χ4n) is 7.14. The van der Waals surface area contributed by atoms with Gasteiger partial charge in [0.2, 0.25) is 0 Å². The molecule has 1 N–H and O–H groups in total. The van der Waals surface area contributed by atoms with E-state index >= 15 is 0 Å². The largest absolute Gasteiger partial charge is 0.469 e. The summed E-state index contributed by atoms with van der Waals surface area (Å²) in [5.41, 5.74) is 0. The molecule has 0 aromatic heterocycles. The average Bonchev–Trinajstić information content (AvgIpc) is 2.89. The van der Waals surface area contributed by atoms with Crippen molar-refractivity contribution in [3.05, 3.63) is 0 Å². The summed E-state index contributed by atoms with van der Waals surface area (Å²) in [7, 11) is -34.2. The SMILES string of the molecule is C[Si](C)(O)CC[SiH2]O[Si](C)(C)CC[Si](O[Si](C)(C)C)(O[Si](C)(C)C)O[Si](C)(C)CC[Si](O[Si](C)(C)C)(O[Si](C)(C)C)O[Si](C)(C)CC[Si](O[Si](C)(C)C)(O[Si](C)(C)C)O[Si](C)(C)C. The highest BCUT2D eigenvalue weighted by atomic mass is 28.5. The lowest BCUT2D eigenvalue weighted by atomic mass is 10.9. The van der Waals surface area contributed by atoms with Gasteiger partial charge in [-0.25, -0.2) is 0 Å². The van der Waals surface area contributed by atoms with E-state index in [-0.39, 0.29) is 0 Å². The molecule has 0 radical (unpaired) electrons. The van der Waals surface area contributed by atoms with Gasteiger partial charge in [0.15, 0.2) is 91.5 Å². The fourth-order valence-corrected chi connectivity index (χ4v) is 67.7. The molecule has 0 spiro atoms. The molecular weight excluding hydrogens is 1040 g/mol. The Hall–Kier alpha value is 2.81. The lowest BCUT2D eigenvalue weighted by molar-refractivity contribution is 0.240. The Bertz CT molecular complexity index is 1300. The minimum absolute atomic E-state index is 0.700. The summed E-state index contributed by atoms with van der Waals surface area (Å²) < 4.78 is 73.0. The molecule has 11 nitrogen and oxygen atoms in total. The molecule has 63 heavy (non-hydrogen) atoms. The molecule has 0 fully saturated rings. The molecule has 0 rings (SSSR count). The smallest absolute Gasteiger partial charge is 0.460 e. The first-order chi connectivity index (χ1) is 27.2. The summed E-state index contributed by atoms with van der Waals surface area (Å²) in [5, 5.41) is 0. The van der Waals surface area contributed by atoms with Crippen molar-refractivity contribution in [3.63, 3.8) is 0 Å². The maximum absolute atomic E-state index is 10.5. The summed E-state index contributed by atoms with van der Waals surface area (Å²) in [4.78, 5) is 10.5. The predicted molar refractivity (Wildman–Crippen MR) is 311 cm³/mol. The molecule has 0 aromatic carbocycles. The Labute approximate surface area is 408 Å². The van der Waals surface area contributed by atoms with Gasteiger partial charge in [-0.3, -0.25) is 0 Å². The number of hydrogen-bond donors (Lipinski definition) is 1. The van der Waals surface area contributed by atoms with E-state index in [0.29, 0.717) is 6.04 Å². The van der Waals surface area contributed by atoms with Crippen molar-refractivity contribution in [2.24, 2.45) is 0 Å². The van der Waals surface area contributed by atoms with E-state index in [1.54, 1.807) is 0 Å². The molecule has 26 heteroatoms. The minimum atomic E-state index is -3.31. The molecule has 0 aliphatic rings. The zero-order chi connectivity index (χ0) is 50.4. The lowest BCUT2D eigenvalue weighted by Gasteiger charge is -2.47. The molecular formula is C37H106O11Si15. The molecule has 0 aliphatic carbocycles.